The Balaban J connectivity index is 1.57. The van der Waals surface area contributed by atoms with E-state index in [0.717, 1.165) is 30.3 Å². The van der Waals surface area contributed by atoms with E-state index in [9.17, 15) is 4.39 Å². The van der Waals surface area contributed by atoms with Gasteiger partial charge in [0.2, 0.25) is 0 Å². The number of nitrogens with zero attached hydrogens (tertiary/aromatic N) is 1. The Morgan fingerprint density at radius 3 is 2.57 bits per heavy atom. The molecule has 3 heteroatoms. The van der Waals surface area contributed by atoms with E-state index in [-0.39, 0.29) is 5.82 Å². The van der Waals surface area contributed by atoms with Gasteiger partial charge in [0.25, 0.3) is 0 Å². The van der Waals surface area contributed by atoms with Crippen LogP contribution in [0.3, 0.4) is 0 Å². The molecule has 3 rings (SSSR count). The summed E-state index contributed by atoms with van der Waals surface area (Å²) >= 11 is 0. The first-order valence-corrected chi connectivity index (χ1v) is 8.45. The molecule has 21 heavy (non-hydrogen) atoms. The van der Waals surface area contributed by atoms with Gasteiger partial charge in [-0.3, -0.25) is 0 Å². The van der Waals surface area contributed by atoms with E-state index in [2.05, 4.69) is 16.3 Å². The van der Waals surface area contributed by atoms with Crippen LogP contribution in [0.15, 0.2) is 18.2 Å². The van der Waals surface area contributed by atoms with E-state index in [1.807, 2.05) is 13.1 Å². The maximum Gasteiger partial charge on any atom is 0.146 e. The van der Waals surface area contributed by atoms with Gasteiger partial charge in [-0.1, -0.05) is 25.3 Å². The van der Waals surface area contributed by atoms with E-state index in [1.54, 1.807) is 6.07 Å². The fourth-order valence-corrected chi connectivity index (χ4v) is 3.37. The molecule has 0 aliphatic heterocycles. The summed E-state index contributed by atoms with van der Waals surface area (Å²) < 4.78 is 14.3. The van der Waals surface area contributed by atoms with Crippen molar-refractivity contribution in [2.45, 2.75) is 57.5 Å². The molecular weight excluding hydrogens is 263 g/mol. The van der Waals surface area contributed by atoms with Crippen molar-refractivity contribution in [1.82, 2.24) is 5.32 Å². The molecule has 0 unspecified atom stereocenters. The highest BCUT2D eigenvalue weighted by atomic mass is 19.1. The summed E-state index contributed by atoms with van der Waals surface area (Å²) in [5.41, 5.74) is 1.80. The quantitative estimate of drug-likeness (QED) is 0.848. The topological polar surface area (TPSA) is 15.3 Å². The third kappa shape index (κ3) is 4.19. The highest BCUT2D eigenvalue weighted by molar-refractivity contribution is 5.48. The molecule has 2 aliphatic carbocycles. The van der Waals surface area contributed by atoms with Crippen molar-refractivity contribution in [3.05, 3.63) is 29.6 Å². The molecular formula is C18H27FN2. The van der Waals surface area contributed by atoms with Crippen molar-refractivity contribution in [2.24, 2.45) is 5.92 Å². The summed E-state index contributed by atoms with van der Waals surface area (Å²) in [5.74, 6) is 0.655. The smallest absolute Gasteiger partial charge is 0.146 e. The number of rotatable bonds is 6. The Kier molecular flexibility index (Phi) is 4.79. The highest BCUT2D eigenvalue weighted by Gasteiger charge is 2.20. The Bertz CT molecular complexity index is 464. The second-order valence-electron chi connectivity index (χ2n) is 6.83. The summed E-state index contributed by atoms with van der Waals surface area (Å²) in [6.45, 7) is 1.77. The van der Waals surface area contributed by atoms with E-state index in [0.29, 0.717) is 6.04 Å². The summed E-state index contributed by atoms with van der Waals surface area (Å²) in [4.78, 5) is 2.10. The van der Waals surface area contributed by atoms with Crippen LogP contribution in [0.5, 0.6) is 0 Å². The zero-order valence-corrected chi connectivity index (χ0v) is 13.1. The van der Waals surface area contributed by atoms with Crippen molar-refractivity contribution < 1.29 is 4.39 Å². The van der Waals surface area contributed by atoms with Gasteiger partial charge in [0, 0.05) is 26.2 Å². The first kappa shape index (κ1) is 14.8. The van der Waals surface area contributed by atoms with Gasteiger partial charge >= 0.3 is 0 Å². The molecule has 2 saturated carbocycles. The van der Waals surface area contributed by atoms with Crippen molar-refractivity contribution in [1.29, 1.82) is 0 Å². The fourth-order valence-electron chi connectivity index (χ4n) is 3.37. The van der Waals surface area contributed by atoms with E-state index in [1.165, 1.54) is 44.9 Å². The number of anilines is 1. The monoisotopic (exact) mass is 290 g/mol. The SMILES string of the molecule is CN(CC1CCCCC1)c1ccc(CNC2CC2)cc1F. The minimum atomic E-state index is -0.0802. The molecule has 0 aromatic heterocycles. The molecule has 0 atom stereocenters. The van der Waals surface area contributed by atoms with Crippen LogP contribution >= 0.6 is 0 Å². The van der Waals surface area contributed by atoms with Crippen molar-refractivity contribution in [3.8, 4) is 0 Å². The predicted octanol–water partition coefficient (Wildman–Crippen LogP) is 4.09. The lowest BCUT2D eigenvalue weighted by Gasteiger charge is -2.28. The number of halogens is 1. The van der Waals surface area contributed by atoms with Crippen LogP contribution in [0.1, 0.15) is 50.5 Å². The van der Waals surface area contributed by atoms with E-state index < -0.39 is 0 Å². The first-order valence-electron chi connectivity index (χ1n) is 8.45. The van der Waals surface area contributed by atoms with Crippen molar-refractivity contribution in [3.63, 3.8) is 0 Å². The van der Waals surface area contributed by atoms with Gasteiger partial charge in [-0.25, -0.2) is 4.39 Å². The first-order chi connectivity index (χ1) is 10.2. The zero-order valence-electron chi connectivity index (χ0n) is 13.1. The molecule has 2 nitrogen and oxygen atoms in total. The molecule has 1 aromatic carbocycles. The number of nitrogens with one attached hydrogen (secondary N) is 1. The summed E-state index contributed by atoms with van der Waals surface area (Å²) in [5, 5.41) is 3.43. The molecule has 1 aromatic rings. The Labute approximate surface area is 127 Å². The third-order valence-corrected chi connectivity index (χ3v) is 4.85. The Morgan fingerprint density at radius 1 is 1.14 bits per heavy atom. The Hall–Kier alpha value is -1.09. The molecule has 1 N–H and O–H groups in total. The van der Waals surface area contributed by atoms with Crippen molar-refractivity contribution in [2.75, 3.05) is 18.5 Å². The zero-order chi connectivity index (χ0) is 14.7. The van der Waals surface area contributed by atoms with Crippen LogP contribution in [0.25, 0.3) is 0 Å². The standard InChI is InChI=1S/C18H27FN2/c1-21(13-14-5-3-2-4-6-14)18-10-7-15(11-17(18)19)12-20-16-8-9-16/h7,10-11,14,16,20H,2-6,8-9,12-13H2,1H3. The van der Waals surface area contributed by atoms with Gasteiger partial charge in [0.05, 0.1) is 5.69 Å². The number of hydrogen-bond acceptors (Lipinski definition) is 2. The summed E-state index contributed by atoms with van der Waals surface area (Å²) in [6, 6.07) is 6.37. The molecule has 0 radical (unpaired) electrons. The van der Waals surface area contributed by atoms with Crippen LogP contribution in [-0.4, -0.2) is 19.6 Å². The van der Waals surface area contributed by atoms with Crippen LogP contribution < -0.4 is 10.2 Å². The van der Waals surface area contributed by atoms with E-state index in [4.69, 9.17) is 0 Å². The van der Waals surface area contributed by atoms with E-state index >= 15 is 0 Å². The lowest BCUT2D eigenvalue weighted by molar-refractivity contribution is 0.361. The molecule has 0 amide bonds. The normalized spacial score (nSPS) is 19.7. The predicted molar refractivity (Wildman–Crippen MR) is 86.1 cm³/mol. The fraction of sp³-hybridized carbons (Fsp3) is 0.667. The van der Waals surface area contributed by atoms with Crippen LogP contribution in [-0.2, 0) is 6.54 Å². The molecule has 2 fully saturated rings. The Morgan fingerprint density at radius 2 is 1.90 bits per heavy atom. The highest BCUT2D eigenvalue weighted by Crippen LogP contribution is 2.27. The van der Waals surface area contributed by atoms with Crippen molar-refractivity contribution >= 4 is 5.69 Å². The molecule has 2 aliphatic rings. The van der Waals surface area contributed by atoms with Crippen LogP contribution in [0, 0.1) is 11.7 Å². The van der Waals surface area contributed by atoms with Gasteiger partial charge < -0.3 is 10.2 Å². The molecule has 0 heterocycles. The minimum Gasteiger partial charge on any atom is -0.372 e. The van der Waals surface area contributed by atoms with Gasteiger partial charge in [-0.2, -0.15) is 0 Å². The number of hydrogen-bond donors (Lipinski definition) is 1. The maximum absolute atomic E-state index is 14.3. The van der Waals surface area contributed by atoms with Gasteiger partial charge in [-0.15, -0.1) is 0 Å². The van der Waals surface area contributed by atoms with Crippen LogP contribution in [0.4, 0.5) is 10.1 Å². The lowest BCUT2D eigenvalue weighted by Crippen LogP contribution is -2.27. The molecule has 0 saturated heterocycles. The largest absolute Gasteiger partial charge is 0.372 e. The van der Waals surface area contributed by atoms with Gasteiger partial charge in [0.1, 0.15) is 5.82 Å². The maximum atomic E-state index is 14.3. The average Bonchev–Trinajstić information content (AvgIpc) is 3.30. The third-order valence-electron chi connectivity index (χ3n) is 4.85. The molecule has 0 spiro atoms. The summed E-state index contributed by atoms with van der Waals surface area (Å²) in [6.07, 6.45) is 9.19. The lowest BCUT2D eigenvalue weighted by atomic mass is 9.89. The molecule has 0 bridgehead atoms. The average molecular weight is 290 g/mol. The van der Waals surface area contributed by atoms with Gasteiger partial charge in [-0.05, 0) is 49.3 Å². The molecule has 116 valence electrons. The van der Waals surface area contributed by atoms with Gasteiger partial charge in [0.15, 0.2) is 0 Å². The number of benzene rings is 1. The second-order valence-corrected chi connectivity index (χ2v) is 6.83. The minimum absolute atomic E-state index is 0.0802. The summed E-state index contributed by atoms with van der Waals surface area (Å²) in [7, 11) is 2.02. The van der Waals surface area contributed by atoms with Crippen LogP contribution in [0.2, 0.25) is 0 Å². The second kappa shape index (κ2) is 6.78.